The van der Waals surface area contributed by atoms with Gasteiger partial charge in [-0.25, -0.2) is 0 Å². The Morgan fingerprint density at radius 1 is 1.04 bits per heavy atom. The van der Waals surface area contributed by atoms with E-state index in [4.69, 9.17) is 15.5 Å². The number of Topliss-reactive ketones (excluding diaryl/α,β-unsaturated/α-hetero) is 1. The molecule has 0 bridgehead atoms. The lowest BCUT2D eigenvalue weighted by molar-refractivity contribution is -0.384. The molecule has 10 heteroatoms. The molecule has 1 fully saturated rings. The lowest BCUT2D eigenvalue weighted by atomic mass is 9.68. The van der Waals surface area contributed by atoms with Crippen LogP contribution in [0.4, 0.5) is 5.69 Å². The van der Waals surface area contributed by atoms with Crippen LogP contribution in [0.3, 0.4) is 0 Å². The van der Waals surface area contributed by atoms with Gasteiger partial charge in [-0.2, -0.15) is 0 Å². The fourth-order valence-corrected chi connectivity index (χ4v) is 7.41. The van der Waals surface area contributed by atoms with Gasteiger partial charge in [0.15, 0.2) is 0 Å². The fraction of sp³-hybridized carbons (Fsp3) is 0.395. The molecule has 2 N–H and O–H groups in total. The van der Waals surface area contributed by atoms with Crippen LogP contribution < -0.4 is 5.73 Å². The molecule has 10 nitrogen and oxygen atoms in total. The zero-order valence-corrected chi connectivity index (χ0v) is 27.8. The highest BCUT2D eigenvalue weighted by atomic mass is 16.6. The fourth-order valence-electron chi connectivity index (χ4n) is 7.41. The predicted molar refractivity (Wildman–Crippen MR) is 187 cm³/mol. The van der Waals surface area contributed by atoms with Crippen LogP contribution in [0.5, 0.6) is 0 Å². The second-order valence-corrected chi connectivity index (χ2v) is 12.6. The molecule has 0 aliphatic carbocycles. The van der Waals surface area contributed by atoms with Gasteiger partial charge in [0.2, 0.25) is 6.41 Å². The van der Waals surface area contributed by atoms with E-state index in [-0.39, 0.29) is 23.5 Å². The van der Waals surface area contributed by atoms with E-state index in [2.05, 4.69) is 65.6 Å². The molecule has 0 aromatic heterocycles. The van der Waals surface area contributed by atoms with E-state index >= 15 is 0 Å². The average molecular weight is 652 g/mol. The number of ketones is 1. The molecule has 5 rings (SSSR count). The highest BCUT2D eigenvalue weighted by molar-refractivity contribution is 6.05. The van der Waals surface area contributed by atoms with Crippen LogP contribution in [0.2, 0.25) is 0 Å². The lowest BCUT2D eigenvalue weighted by Crippen LogP contribution is -2.44. The van der Waals surface area contributed by atoms with E-state index in [1.165, 1.54) is 30.2 Å². The van der Waals surface area contributed by atoms with Crippen molar-refractivity contribution in [2.75, 3.05) is 45.9 Å². The van der Waals surface area contributed by atoms with Crippen LogP contribution in [-0.4, -0.2) is 78.6 Å². The van der Waals surface area contributed by atoms with Gasteiger partial charge in [0.1, 0.15) is 5.78 Å². The quantitative estimate of drug-likeness (QED) is 0.0997. The second kappa shape index (κ2) is 16.1. The number of likely N-dealkylation sites (tertiary alicyclic amines) is 1. The van der Waals surface area contributed by atoms with Gasteiger partial charge < -0.3 is 20.3 Å². The van der Waals surface area contributed by atoms with Crippen LogP contribution in [0.1, 0.15) is 55.7 Å². The minimum atomic E-state index is -0.631. The zero-order chi connectivity index (χ0) is 34.1. The Morgan fingerprint density at radius 2 is 1.65 bits per heavy atom. The molecule has 1 amide bonds. The number of non-ortho nitro benzene ring substituents is 1. The normalized spacial score (nSPS) is 19.4. The van der Waals surface area contributed by atoms with Crippen molar-refractivity contribution in [3.8, 4) is 0 Å². The highest BCUT2D eigenvalue weighted by Gasteiger charge is 2.40. The molecule has 2 aliphatic heterocycles. The largest absolute Gasteiger partial charge is 0.374 e. The molecule has 0 spiro atoms. The molecule has 1 saturated heterocycles. The molecule has 0 radical (unpaired) electrons. The van der Waals surface area contributed by atoms with E-state index in [0.717, 1.165) is 38.9 Å². The van der Waals surface area contributed by atoms with Crippen molar-refractivity contribution in [2.45, 2.75) is 44.4 Å². The van der Waals surface area contributed by atoms with Crippen molar-refractivity contribution in [1.82, 2.24) is 9.80 Å². The lowest BCUT2D eigenvalue weighted by Gasteiger charge is -2.43. The smallest absolute Gasteiger partial charge is 0.269 e. The number of amides is 1. The first-order chi connectivity index (χ1) is 23.3. The Balaban J connectivity index is 1.37. The number of hydrogen-bond acceptors (Lipinski definition) is 8. The van der Waals surface area contributed by atoms with Crippen molar-refractivity contribution in [2.24, 2.45) is 16.6 Å². The Labute approximate surface area is 282 Å². The number of piperidine rings is 1. The Morgan fingerprint density at radius 3 is 2.17 bits per heavy atom. The van der Waals surface area contributed by atoms with Gasteiger partial charge in [-0.05, 0) is 69.4 Å². The summed E-state index contributed by atoms with van der Waals surface area (Å²) in [4.78, 5) is 45.8. The number of aliphatic imine (C=N–C) groups is 1. The minimum absolute atomic E-state index is 0.0469. The first-order valence-corrected chi connectivity index (χ1v) is 16.6. The summed E-state index contributed by atoms with van der Waals surface area (Å²) in [5.41, 5.74) is 10.7. The first-order valence-electron chi connectivity index (χ1n) is 16.6. The molecular formula is C38H45N5O5. The topological polar surface area (TPSA) is 131 Å². The maximum absolute atomic E-state index is 13.1. The average Bonchev–Trinajstić information content (AvgIpc) is 3.11. The van der Waals surface area contributed by atoms with Gasteiger partial charge in [0, 0.05) is 42.3 Å². The summed E-state index contributed by atoms with van der Waals surface area (Å²) in [6.45, 7) is 7.15. The van der Waals surface area contributed by atoms with Gasteiger partial charge in [-0.15, -0.1) is 0 Å². The van der Waals surface area contributed by atoms with Crippen molar-refractivity contribution < 1.29 is 19.2 Å². The number of nitro groups is 1. The van der Waals surface area contributed by atoms with Crippen LogP contribution >= 0.6 is 0 Å². The van der Waals surface area contributed by atoms with Gasteiger partial charge >= 0.3 is 0 Å². The second-order valence-electron chi connectivity index (χ2n) is 12.6. The van der Waals surface area contributed by atoms with Gasteiger partial charge in [0.05, 0.1) is 35.4 Å². The molecule has 2 heterocycles. The van der Waals surface area contributed by atoms with Crippen molar-refractivity contribution in [3.63, 3.8) is 0 Å². The van der Waals surface area contributed by atoms with Crippen LogP contribution in [0.25, 0.3) is 0 Å². The molecule has 252 valence electrons. The number of rotatable bonds is 15. The molecule has 0 saturated carbocycles. The minimum Gasteiger partial charge on any atom is -0.374 e. The summed E-state index contributed by atoms with van der Waals surface area (Å²) < 4.78 is 5.80. The van der Waals surface area contributed by atoms with E-state index in [1.54, 1.807) is 24.0 Å². The number of hydrogen-bond donors (Lipinski definition) is 1. The van der Waals surface area contributed by atoms with Crippen molar-refractivity contribution >= 4 is 23.6 Å². The predicted octanol–water partition coefficient (Wildman–Crippen LogP) is 5.48. The molecule has 2 atom stereocenters. The maximum atomic E-state index is 13.1. The van der Waals surface area contributed by atoms with Crippen molar-refractivity contribution in [3.05, 3.63) is 123 Å². The zero-order valence-electron chi connectivity index (χ0n) is 27.8. The molecule has 2 aliphatic rings. The number of ether oxygens (including phenoxy) is 1. The highest BCUT2D eigenvalue weighted by Crippen LogP contribution is 2.43. The number of nitrogens with two attached hydrogens (primary N) is 1. The molecule has 48 heavy (non-hydrogen) atoms. The molecule has 2 unspecified atom stereocenters. The monoisotopic (exact) mass is 651 g/mol. The number of nitro benzene ring substituents is 1. The van der Waals surface area contributed by atoms with E-state index in [1.807, 2.05) is 0 Å². The van der Waals surface area contributed by atoms with Crippen LogP contribution in [-0.2, 0) is 19.7 Å². The van der Waals surface area contributed by atoms with Gasteiger partial charge in [-0.1, -0.05) is 72.8 Å². The SMILES string of the molecule is CC(=O)C1C(C)=NC(COCCN)=C(N(C=O)CCCN2CCC(c3ccccc3)(c3ccccc3)CC2)C1c1ccc([N+](=O)[O-])cc1. The summed E-state index contributed by atoms with van der Waals surface area (Å²) in [6.07, 6.45) is 3.49. The standard InChI is InChI=1S/C38H45N5O5/c1-28-35(29(2)45)36(30-14-16-33(17-15-30)43(46)47)37(34(40-28)26-48-25-20-39)42(27-44)22-9-21-41-23-18-38(19-24-41,31-10-5-3-6-11-31)32-12-7-4-8-13-32/h3-8,10-17,27,35-36H,9,18-26,39H2,1-2H3. The third kappa shape index (κ3) is 7.62. The van der Waals surface area contributed by atoms with Gasteiger partial charge in [0.25, 0.3) is 5.69 Å². The van der Waals surface area contributed by atoms with E-state index in [0.29, 0.717) is 48.8 Å². The van der Waals surface area contributed by atoms with Crippen LogP contribution in [0.15, 0.2) is 101 Å². The first kappa shape index (κ1) is 34.8. The summed E-state index contributed by atoms with van der Waals surface area (Å²) in [6, 6.07) is 27.7. The Bertz CT molecular complexity index is 1570. The third-order valence-electron chi connectivity index (χ3n) is 9.76. The van der Waals surface area contributed by atoms with Crippen molar-refractivity contribution in [1.29, 1.82) is 0 Å². The van der Waals surface area contributed by atoms with E-state index in [9.17, 15) is 19.7 Å². The number of nitrogens with zero attached hydrogens (tertiary/aromatic N) is 4. The number of carbonyl (C=O) groups is 2. The summed E-state index contributed by atoms with van der Waals surface area (Å²) in [7, 11) is 0. The Hall–Kier alpha value is -4.51. The summed E-state index contributed by atoms with van der Waals surface area (Å²) >= 11 is 0. The number of benzene rings is 3. The number of carbonyl (C=O) groups excluding carboxylic acids is 2. The molecule has 3 aromatic carbocycles. The summed E-state index contributed by atoms with van der Waals surface area (Å²) in [5.74, 6) is -1.29. The van der Waals surface area contributed by atoms with Gasteiger partial charge in [-0.3, -0.25) is 24.7 Å². The summed E-state index contributed by atoms with van der Waals surface area (Å²) in [5, 5.41) is 11.4. The molecular weight excluding hydrogens is 606 g/mol. The van der Waals surface area contributed by atoms with Crippen LogP contribution in [0, 0.1) is 16.0 Å². The van der Waals surface area contributed by atoms with E-state index < -0.39 is 16.8 Å². The maximum Gasteiger partial charge on any atom is 0.269 e. The third-order valence-corrected chi connectivity index (χ3v) is 9.76. The number of allylic oxidation sites excluding steroid dienone is 1. The Kier molecular flexibility index (Phi) is 11.6. The molecule has 3 aromatic rings.